The minimum absolute atomic E-state index is 0.00681. The van der Waals surface area contributed by atoms with Gasteiger partial charge in [-0.3, -0.25) is 4.79 Å². The SMILES string of the molecule is Cc1cc(Cl)c(S(=O)(=O)NCc2ccc(C(=O)O)cc2)cc1OCC(N)=O. The molecule has 0 saturated carbocycles. The van der Waals surface area contributed by atoms with E-state index in [0.717, 1.165) is 0 Å². The maximum Gasteiger partial charge on any atom is 0.335 e. The van der Waals surface area contributed by atoms with Gasteiger partial charge < -0.3 is 15.6 Å². The quantitative estimate of drug-likeness (QED) is 0.603. The monoisotopic (exact) mass is 412 g/mol. The summed E-state index contributed by atoms with van der Waals surface area (Å²) in [6, 6.07) is 8.39. The zero-order valence-electron chi connectivity index (χ0n) is 14.2. The number of rotatable bonds is 8. The summed E-state index contributed by atoms with van der Waals surface area (Å²) in [5, 5.41) is 8.87. The van der Waals surface area contributed by atoms with E-state index >= 15 is 0 Å². The zero-order chi connectivity index (χ0) is 20.2. The van der Waals surface area contributed by atoms with Crippen LogP contribution in [0.5, 0.6) is 5.75 Å². The van der Waals surface area contributed by atoms with E-state index in [1.54, 1.807) is 6.92 Å². The number of carbonyl (C=O) groups excluding carboxylic acids is 1. The van der Waals surface area contributed by atoms with Crippen LogP contribution in [0.3, 0.4) is 0 Å². The van der Waals surface area contributed by atoms with Crippen LogP contribution < -0.4 is 15.2 Å². The summed E-state index contributed by atoms with van der Waals surface area (Å²) in [5.41, 5.74) is 6.24. The number of carbonyl (C=O) groups is 2. The molecule has 0 heterocycles. The average Bonchev–Trinajstić information content (AvgIpc) is 2.59. The standard InChI is InChI=1S/C17H17ClN2O6S/c1-10-6-13(18)15(7-14(10)26-9-16(19)21)27(24,25)20-8-11-2-4-12(5-3-11)17(22)23/h2-7,20H,8-9H2,1H3,(H2,19,21)(H,22,23). The van der Waals surface area contributed by atoms with Crippen molar-refractivity contribution in [2.45, 2.75) is 18.4 Å². The number of hydrogen-bond acceptors (Lipinski definition) is 5. The Balaban J connectivity index is 2.21. The average molecular weight is 413 g/mol. The molecule has 0 aromatic heterocycles. The van der Waals surface area contributed by atoms with Crippen molar-refractivity contribution < 1.29 is 27.9 Å². The van der Waals surface area contributed by atoms with Gasteiger partial charge in [0, 0.05) is 12.6 Å². The van der Waals surface area contributed by atoms with E-state index in [1.807, 2.05) is 0 Å². The van der Waals surface area contributed by atoms with Crippen LogP contribution in [0.4, 0.5) is 0 Å². The second kappa shape index (κ2) is 8.38. The number of carboxylic acid groups (broad SMARTS) is 1. The highest BCUT2D eigenvalue weighted by atomic mass is 35.5. The van der Waals surface area contributed by atoms with Gasteiger partial charge in [0.2, 0.25) is 10.0 Å². The molecule has 144 valence electrons. The summed E-state index contributed by atoms with van der Waals surface area (Å²) in [4.78, 5) is 21.5. The lowest BCUT2D eigenvalue weighted by Gasteiger charge is -2.13. The Morgan fingerprint density at radius 1 is 1.22 bits per heavy atom. The first-order valence-electron chi connectivity index (χ1n) is 7.63. The number of aromatic carboxylic acids is 1. The van der Waals surface area contributed by atoms with E-state index in [4.69, 9.17) is 27.2 Å². The fourth-order valence-electron chi connectivity index (χ4n) is 2.17. The molecule has 1 amide bonds. The first-order chi connectivity index (χ1) is 12.6. The van der Waals surface area contributed by atoms with Crippen molar-refractivity contribution in [1.29, 1.82) is 0 Å². The molecular weight excluding hydrogens is 396 g/mol. The molecule has 0 fully saturated rings. The van der Waals surface area contributed by atoms with Gasteiger partial charge in [-0.1, -0.05) is 23.7 Å². The molecular formula is C17H17ClN2O6S. The van der Waals surface area contributed by atoms with Crippen LogP contribution in [0.1, 0.15) is 21.5 Å². The Morgan fingerprint density at radius 2 is 1.85 bits per heavy atom. The molecule has 0 aliphatic carbocycles. The molecule has 0 atom stereocenters. The Labute approximate surface area is 160 Å². The summed E-state index contributed by atoms with van der Waals surface area (Å²) in [6.45, 7) is 1.19. The highest BCUT2D eigenvalue weighted by Gasteiger charge is 2.20. The number of sulfonamides is 1. The first kappa shape index (κ1) is 20.7. The van der Waals surface area contributed by atoms with Crippen LogP contribution in [0.25, 0.3) is 0 Å². The van der Waals surface area contributed by atoms with E-state index in [1.165, 1.54) is 36.4 Å². The Kier molecular flexibility index (Phi) is 6.42. The number of amides is 1. The number of nitrogens with two attached hydrogens (primary N) is 1. The smallest absolute Gasteiger partial charge is 0.335 e. The van der Waals surface area contributed by atoms with Gasteiger partial charge >= 0.3 is 5.97 Å². The number of nitrogens with one attached hydrogen (secondary N) is 1. The summed E-state index contributed by atoms with van der Waals surface area (Å²) in [7, 11) is -3.99. The van der Waals surface area contributed by atoms with Crippen molar-refractivity contribution >= 4 is 33.5 Å². The lowest BCUT2D eigenvalue weighted by molar-refractivity contribution is -0.119. The summed E-state index contributed by atoms with van der Waals surface area (Å²) in [5.74, 6) is -1.60. The van der Waals surface area contributed by atoms with Gasteiger partial charge in [-0.2, -0.15) is 0 Å². The molecule has 27 heavy (non-hydrogen) atoms. The fraction of sp³-hybridized carbons (Fsp3) is 0.176. The second-order valence-corrected chi connectivity index (χ2v) is 7.77. The number of carboxylic acids is 1. The Hall–Kier alpha value is -2.62. The molecule has 0 saturated heterocycles. The van der Waals surface area contributed by atoms with Gasteiger partial charge in [-0.15, -0.1) is 0 Å². The Morgan fingerprint density at radius 3 is 2.41 bits per heavy atom. The van der Waals surface area contributed by atoms with E-state index in [-0.39, 0.29) is 27.8 Å². The maximum absolute atomic E-state index is 12.6. The van der Waals surface area contributed by atoms with E-state index in [0.29, 0.717) is 11.1 Å². The zero-order valence-corrected chi connectivity index (χ0v) is 15.8. The molecule has 0 aliphatic heterocycles. The van der Waals surface area contributed by atoms with Crippen LogP contribution in [-0.2, 0) is 21.4 Å². The lowest BCUT2D eigenvalue weighted by atomic mass is 10.1. The van der Waals surface area contributed by atoms with Crippen LogP contribution in [0.2, 0.25) is 5.02 Å². The summed E-state index contributed by atoms with van der Waals surface area (Å²) >= 11 is 6.05. The van der Waals surface area contributed by atoms with Crippen molar-refractivity contribution in [1.82, 2.24) is 4.72 Å². The van der Waals surface area contributed by atoms with Crippen molar-refractivity contribution in [2.75, 3.05) is 6.61 Å². The van der Waals surface area contributed by atoms with Gasteiger partial charge in [-0.25, -0.2) is 17.9 Å². The molecule has 8 nitrogen and oxygen atoms in total. The topological polar surface area (TPSA) is 136 Å². The van der Waals surface area contributed by atoms with Crippen LogP contribution >= 0.6 is 11.6 Å². The van der Waals surface area contributed by atoms with Gasteiger partial charge in [0.1, 0.15) is 10.6 Å². The summed E-state index contributed by atoms with van der Waals surface area (Å²) in [6.07, 6.45) is 0. The molecule has 10 heteroatoms. The third-order valence-electron chi connectivity index (χ3n) is 3.56. The number of ether oxygens (including phenoxy) is 1. The second-order valence-electron chi connectivity index (χ2n) is 5.63. The molecule has 2 rings (SSSR count). The number of halogens is 1. The predicted octanol–water partition coefficient (Wildman–Crippen LogP) is 1.69. The van der Waals surface area contributed by atoms with E-state index in [9.17, 15) is 18.0 Å². The van der Waals surface area contributed by atoms with Crippen LogP contribution in [-0.4, -0.2) is 32.0 Å². The van der Waals surface area contributed by atoms with Gasteiger partial charge in [0.05, 0.1) is 10.6 Å². The molecule has 0 spiro atoms. The third kappa shape index (κ3) is 5.43. The van der Waals surface area contributed by atoms with Crippen LogP contribution in [0.15, 0.2) is 41.3 Å². The van der Waals surface area contributed by atoms with Gasteiger partial charge in [0.15, 0.2) is 6.61 Å². The maximum atomic E-state index is 12.6. The number of hydrogen-bond donors (Lipinski definition) is 3. The fourth-order valence-corrected chi connectivity index (χ4v) is 3.78. The molecule has 0 bridgehead atoms. The predicted molar refractivity (Wildman–Crippen MR) is 98.3 cm³/mol. The number of primary amides is 1. The molecule has 4 N–H and O–H groups in total. The molecule has 0 unspecified atom stereocenters. The lowest BCUT2D eigenvalue weighted by Crippen LogP contribution is -2.24. The normalized spacial score (nSPS) is 11.2. The first-order valence-corrected chi connectivity index (χ1v) is 9.49. The van der Waals surface area contributed by atoms with Crippen LogP contribution in [0, 0.1) is 6.92 Å². The molecule has 2 aromatic rings. The van der Waals surface area contributed by atoms with Crippen molar-refractivity contribution in [3.05, 3.63) is 58.1 Å². The largest absolute Gasteiger partial charge is 0.483 e. The van der Waals surface area contributed by atoms with Gasteiger partial charge in [0.25, 0.3) is 5.91 Å². The molecule has 0 radical (unpaired) electrons. The van der Waals surface area contributed by atoms with Gasteiger partial charge in [-0.05, 0) is 36.2 Å². The van der Waals surface area contributed by atoms with E-state index < -0.39 is 28.5 Å². The Bertz CT molecular complexity index is 974. The van der Waals surface area contributed by atoms with Crippen molar-refractivity contribution in [2.24, 2.45) is 5.73 Å². The van der Waals surface area contributed by atoms with E-state index in [2.05, 4.69) is 4.72 Å². The molecule has 2 aromatic carbocycles. The summed E-state index contributed by atoms with van der Waals surface area (Å²) < 4.78 is 32.7. The van der Waals surface area contributed by atoms with Crippen molar-refractivity contribution in [3.63, 3.8) is 0 Å². The highest BCUT2D eigenvalue weighted by Crippen LogP contribution is 2.30. The van der Waals surface area contributed by atoms with Crippen molar-refractivity contribution in [3.8, 4) is 5.75 Å². The minimum Gasteiger partial charge on any atom is -0.483 e. The minimum atomic E-state index is -3.99. The third-order valence-corrected chi connectivity index (χ3v) is 5.42. The number of aryl methyl sites for hydroxylation is 1. The number of benzene rings is 2. The highest BCUT2D eigenvalue weighted by molar-refractivity contribution is 7.89. The molecule has 0 aliphatic rings.